The first kappa shape index (κ1) is 15.9. The zero-order valence-corrected chi connectivity index (χ0v) is 13.6. The molecule has 124 valence electrons. The van der Waals surface area contributed by atoms with E-state index in [4.69, 9.17) is 4.74 Å². The Morgan fingerprint density at radius 1 is 1.27 bits per heavy atom. The van der Waals surface area contributed by atoms with Crippen LogP contribution in [0.1, 0.15) is 64.1 Å². The van der Waals surface area contributed by atoms with Gasteiger partial charge in [0.05, 0.1) is 31.1 Å². The largest absolute Gasteiger partial charge is 0.390 e. The summed E-state index contributed by atoms with van der Waals surface area (Å²) in [4.78, 5) is 0. The summed E-state index contributed by atoms with van der Waals surface area (Å²) >= 11 is 0. The van der Waals surface area contributed by atoms with E-state index >= 15 is 0 Å². The number of aliphatic hydroxyl groups excluding tert-OH is 1. The van der Waals surface area contributed by atoms with Crippen LogP contribution >= 0.6 is 0 Å². The van der Waals surface area contributed by atoms with Gasteiger partial charge in [0.15, 0.2) is 0 Å². The average Bonchev–Trinajstić information content (AvgIpc) is 2.95. The Morgan fingerprint density at radius 2 is 2.00 bits per heavy atom. The SMILES string of the molecule is C[C@@H]1CC(N[C@H]2CCCC[C@H]2n2cc(CO)nn2)C[C@@H](C)O1. The molecule has 1 aromatic rings. The highest BCUT2D eigenvalue weighted by molar-refractivity contribution is 4.95. The van der Waals surface area contributed by atoms with Gasteiger partial charge in [0.2, 0.25) is 0 Å². The first-order chi connectivity index (χ1) is 10.7. The number of aliphatic hydroxyl groups is 1. The fraction of sp³-hybridized carbons (Fsp3) is 0.875. The predicted molar refractivity (Wildman–Crippen MR) is 83.4 cm³/mol. The van der Waals surface area contributed by atoms with Crippen LogP contribution in [0.2, 0.25) is 0 Å². The lowest BCUT2D eigenvalue weighted by molar-refractivity contribution is -0.0452. The molecular weight excluding hydrogens is 280 g/mol. The number of hydrogen-bond acceptors (Lipinski definition) is 5. The molecule has 3 rings (SSSR count). The van der Waals surface area contributed by atoms with E-state index in [1.165, 1.54) is 19.3 Å². The summed E-state index contributed by atoms with van der Waals surface area (Å²) in [7, 11) is 0. The van der Waals surface area contributed by atoms with Crippen molar-refractivity contribution in [1.29, 1.82) is 0 Å². The van der Waals surface area contributed by atoms with Gasteiger partial charge < -0.3 is 15.2 Å². The van der Waals surface area contributed by atoms with Crippen molar-refractivity contribution in [3.8, 4) is 0 Å². The van der Waals surface area contributed by atoms with Gasteiger partial charge in [0.1, 0.15) is 5.69 Å². The Bertz CT molecular complexity index is 468. The molecule has 0 amide bonds. The van der Waals surface area contributed by atoms with Crippen molar-refractivity contribution in [2.45, 2.75) is 89.3 Å². The topological polar surface area (TPSA) is 72.2 Å². The molecule has 2 fully saturated rings. The molecule has 2 heterocycles. The molecule has 0 radical (unpaired) electrons. The first-order valence-electron chi connectivity index (χ1n) is 8.58. The molecule has 1 saturated heterocycles. The maximum atomic E-state index is 9.19. The average molecular weight is 308 g/mol. The van der Waals surface area contributed by atoms with Crippen LogP contribution in [0.25, 0.3) is 0 Å². The van der Waals surface area contributed by atoms with E-state index in [1.54, 1.807) is 0 Å². The number of rotatable bonds is 4. The van der Waals surface area contributed by atoms with Crippen LogP contribution in [-0.4, -0.2) is 44.4 Å². The Kier molecular flexibility index (Phi) is 5.10. The van der Waals surface area contributed by atoms with E-state index in [-0.39, 0.29) is 6.61 Å². The van der Waals surface area contributed by atoms with E-state index in [0.717, 1.165) is 19.3 Å². The molecule has 0 spiro atoms. The zero-order valence-electron chi connectivity index (χ0n) is 13.6. The van der Waals surface area contributed by atoms with Crippen molar-refractivity contribution < 1.29 is 9.84 Å². The first-order valence-corrected chi connectivity index (χ1v) is 8.58. The molecule has 6 heteroatoms. The summed E-state index contributed by atoms with van der Waals surface area (Å²) in [5.74, 6) is 0. The van der Waals surface area contributed by atoms with Crippen molar-refractivity contribution in [2.24, 2.45) is 0 Å². The van der Waals surface area contributed by atoms with Crippen molar-refractivity contribution in [2.75, 3.05) is 0 Å². The van der Waals surface area contributed by atoms with Gasteiger partial charge >= 0.3 is 0 Å². The van der Waals surface area contributed by atoms with Gasteiger partial charge in [0.25, 0.3) is 0 Å². The quantitative estimate of drug-likeness (QED) is 0.887. The number of nitrogens with one attached hydrogen (secondary N) is 1. The fourth-order valence-corrected chi connectivity index (χ4v) is 4.01. The third kappa shape index (κ3) is 3.67. The molecule has 2 aliphatic rings. The molecule has 6 nitrogen and oxygen atoms in total. The summed E-state index contributed by atoms with van der Waals surface area (Å²) in [6.07, 6.45) is 9.51. The Hall–Kier alpha value is -0.980. The Morgan fingerprint density at radius 3 is 2.68 bits per heavy atom. The standard InChI is InChI=1S/C16H28N4O2/c1-11-7-13(8-12(2)22-11)17-15-5-3-4-6-16(15)20-9-14(10-21)18-19-20/h9,11-13,15-17,21H,3-8,10H2,1-2H3/t11-,12-,15+,16-/m1/s1. The van der Waals surface area contributed by atoms with Gasteiger partial charge in [-0.15, -0.1) is 5.10 Å². The smallest absolute Gasteiger partial charge is 0.108 e. The second-order valence-electron chi connectivity index (χ2n) is 6.90. The Labute approximate surface area is 132 Å². The third-order valence-corrected chi connectivity index (χ3v) is 4.94. The molecule has 2 N–H and O–H groups in total. The van der Waals surface area contributed by atoms with Crippen molar-refractivity contribution >= 4 is 0 Å². The molecule has 1 saturated carbocycles. The lowest BCUT2D eigenvalue weighted by atomic mass is 9.88. The third-order valence-electron chi connectivity index (χ3n) is 4.94. The van der Waals surface area contributed by atoms with E-state index in [9.17, 15) is 5.11 Å². The maximum Gasteiger partial charge on any atom is 0.108 e. The van der Waals surface area contributed by atoms with Gasteiger partial charge in [-0.1, -0.05) is 18.1 Å². The van der Waals surface area contributed by atoms with Crippen LogP contribution in [0.3, 0.4) is 0 Å². The minimum atomic E-state index is -0.0419. The van der Waals surface area contributed by atoms with Gasteiger partial charge in [-0.25, -0.2) is 4.68 Å². The lowest BCUT2D eigenvalue weighted by Crippen LogP contribution is -2.49. The van der Waals surface area contributed by atoms with Gasteiger partial charge in [-0.05, 0) is 39.5 Å². The van der Waals surface area contributed by atoms with Crippen LogP contribution in [0, 0.1) is 0 Å². The summed E-state index contributed by atoms with van der Waals surface area (Å²) in [5, 5.41) is 21.3. The second-order valence-corrected chi connectivity index (χ2v) is 6.90. The molecular formula is C16H28N4O2. The Balaban J connectivity index is 1.67. The number of nitrogens with zero attached hydrogens (tertiary/aromatic N) is 3. The fourth-order valence-electron chi connectivity index (χ4n) is 4.01. The predicted octanol–water partition coefficient (Wildman–Crippen LogP) is 1.80. The van der Waals surface area contributed by atoms with E-state index in [2.05, 4.69) is 29.5 Å². The van der Waals surface area contributed by atoms with Crippen LogP contribution in [0.15, 0.2) is 6.20 Å². The minimum Gasteiger partial charge on any atom is -0.390 e. The molecule has 1 aromatic heterocycles. The number of hydrogen-bond donors (Lipinski definition) is 2. The highest BCUT2D eigenvalue weighted by atomic mass is 16.5. The summed E-state index contributed by atoms with van der Waals surface area (Å²) in [6, 6.07) is 1.30. The number of aromatic nitrogens is 3. The maximum absolute atomic E-state index is 9.19. The summed E-state index contributed by atoms with van der Waals surface area (Å²) < 4.78 is 7.79. The number of ether oxygens (including phenoxy) is 1. The van der Waals surface area contributed by atoms with Crippen LogP contribution in [-0.2, 0) is 11.3 Å². The second kappa shape index (κ2) is 7.06. The highest BCUT2D eigenvalue weighted by Crippen LogP contribution is 2.30. The van der Waals surface area contributed by atoms with Crippen molar-refractivity contribution in [1.82, 2.24) is 20.3 Å². The molecule has 4 atom stereocenters. The highest BCUT2D eigenvalue weighted by Gasteiger charge is 2.32. The molecule has 1 aliphatic carbocycles. The van der Waals surface area contributed by atoms with Crippen molar-refractivity contribution in [3.63, 3.8) is 0 Å². The van der Waals surface area contributed by atoms with Gasteiger partial charge in [0, 0.05) is 12.1 Å². The van der Waals surface area contributed by atoms with Gasteiger partial charge in [-0.2, -0.15) is 0 Å². The van der Waals surface area contributed by atoms with Crippen LogP contribution < -0.4 is 5.32 Å². The minimum absolute atomic E-state index is 0.0419. The zero-order chi connectivity index (χ0) is 15.5. The van der Waals surface area contributed by atoms with Gasteiger partial charge in [-0.3, -0.25) is 0 Å². The van der Waals surface area contributed by atoms with Crippen LogP contribution in [0.4, 0.5) is 0 Å². The summed E-state index contributed by atoms with van der Waals surface area (Å²) in [5.41, 5.74) is 0.651. The van der Waals surface area contributed by atoms with Crippen molar-refractivity contribution in [3.05, 3.63) is 11.9 Å². The molecule has 0 unspecified atom stereocenters. The van der Waals surface area contributed by atoms with E-state index < -0.39 is 0 Å². The normalized spacial score (nSPS) is 36.4. The molecule has 1 aliphatic heterocycles. The van der Waals surface area contributed by atoms with E-state index in [1.807, 2.05) is 10.9 Å². The lowest BCUT2D eigenvalue weighted by Gasteiger charge is -2.39. The van der Waals surface area contributed by atoms with Crippen LogP contribution in [0.5, 0.6) is 0 Å². The summed E-state index contributed by atoms with van der Waals surface area (Å²) in [6.45, 7) is 4.28. The monoisotopic (exact) mass is 308 g/mol. The van der Waals surface area contributed by atoms with E-state index in [0.29, 0.717) is 36.0 Å². The molecule has 0 aromatic carbocycles. The molecule has 22 heavy (non-hydrogen) atoms. The molecule has 0 bridgehead atoms.